The number of aliphatic hydroxyl groups excluding tert-OH is 3. The molecule has 0 aliphatic heterocycles. The maximum absolute atomic E-state index is 12.0. The largest absolute Gasteiger partial charge is 0.478 e. The predicted octanol–water partition coefficient (Wildman–Crippen LogP) is 7.21. The second-order valence-electron chi connectivity index (χ2n) is 12.8. The second kappa shape index (κ2) is 22.6. The third-order valence-electron chi connectivity index (χ3n) is 8.27. The molecule has 0 saturated heterocycles. The van der Waals surface area contributed by atoms with Gasteiger partial charge in [-0.3, -0.25) is 4.90 Å². The Morgan fingerprint density at radius 1 is 0.652 bits per heavy atom. The molecule has 2 rings (SSSR count). The van der Waals surface area contributed by atoms with Crippen LogP contribution in [0.15, 0.2) is 46.2 Å². The SMILES string of the molecule is CCCCCC(C)(C)c1ccc(C(=O)O)c(Sc2cc(C(C)(C)CCCCC)ccc2C(=O)O)c1.OCCN(CCO)CCO.[Ni]. The number of carbonyl (C=O) groups is 2. The van der Waals surface area contributed by atoms with Crippen LogP contribution >= 0.6 is 11.8 Å². The molecule has 0 radical (unpaired) electrons. The molecule has 0 saturated carbocycles. The van der Waals surface area contributed by atoms with Crippen molar-refractivity contribution in [2.45, 2.75) is 114 Å². The fourth-order valence-electron chi connectivity index (χ4n) is 5.21. The van der Waals surface area contributed by atoms with Gasteiger partial charge in [0.05, 0.1) is 30.9 Å². The molecule has 2 aromatic carbocycles. The first-order valence-electron chi connectivity index (χ1n) is 16.3. The second-order valence-corrected chi connectivity index (χ2v) is 13.9. The minimum atomic E-state index is -1.00. The van der Waals surface area contributed by atoms with E-state index >= 15 is 0 Å². The third-order valence-corrected chi connectivity index (χ3v) is 9.38. The van der Waals surface area contributed by atoms with Crippen molar-refractivity contribution in [2.75, 3.05) is 39.5 Å². The molecule has 0 spiro atoms. The van der Waals surface area contributed by atoms with Gasteiger partial charge in [0.2, 0.25) is 0 Å². The summed E-state index contributed by atoms with van der Waals surface area (Å²) in [6.07, 6.45) is 8.90. The van der Waals surface area contributed by atoms with Crippen LogP contribution in [0.2, 0.25) is 0 Å². The third kappa shape index (κ3) is 14.9. The van der Waals surface area contributed by atoms with Crippen LogP contribution in [0.1, 0.15) is 125 Å². The van der Waals surface area contributed by atoms with E-state index in [0.29, 0.717) is 29.4 Å². The molecular formula is C36H57NNiO7S. The van der Waals surface area contributed by atoms with Crippen molar-refractivity contribution in [3.05, 3.63) is 58.7 Å². The summed E-state index contributed by atoms with van der Waals surface area (Å²) >= 11 is 1.25. The number of hydrogen-bond acceptors (Lipinski definition) is 7. The number of nitrogens with zero attached hydrogens (tertiary/aromatic N) is 1. The van der Waals surface area contributed by atoms with E-state index in [4.69, 9.17) is 15.3 Å². The molecule has 0 aliphatic rings. The molecule has 5 N–H and O–H groups in total. The molecule has 0 unspecified atom stereocenters. The van der Waals surface area contributed by atoms with E-state index in [0.717, 1.165) is 49.7 Å². The fraction of sp³-hybridized carbons (Fsp3) is 0.611. The number of rotatable bonds is 20. The molecule has 0 heterocycles. The molecule has 0 aromatic heterocycles. The van der Waals surface area contributed by atoms with Gasteiger partial charge in [0.15, 0.2) is 0 Å². The van der Waals surface area contributed by atoms with Gasteiger partial charge in [0, 0.05) is 45.9 Å². The maximum atomic E-state index is 12.0. The standard InChI is InChI=1S/C30H42O4S.C6H15NO3.Ni/c1-7-9-11-17-29(3,4)21-13-15-23(27(31)32)25(19-21)35-26-20-22(14-16-24(26)28(33)34)30(5,6)18-12-10-8-2;8-4-1-7(2-5-9)3-6-10;/h13-16,19-20H,7-12,17-18H2,1-6H3,(H,31,32)(H,33,34);8-10H,1-6H2;. The van der Waals surface area contributed by atoms with Gasteiger partial charge in [-0.1, -0.05) is 104 Å². The summed E-state index contributed by atoms with van der Waals surface area (Å²) in [4.78, 5) is 27.1. The monoisotopic (exact) mass is 705 g/mol. The van der Waals surface area contributed by atoms with E-state index in [1.54, 1.807) is 17.0 Å². The molecule has 0 aliphatic carbocycles. The smallest absolute Gasteiger partial charge is 0.336 e. The Kier molecular flexibility index (Phi) is 21.6. The van der Waals surface area contributed by atoms with Crippen molar-refractivity contribution in [1.29, 1.82) is 0 Å². The van der Waals surface area contributed by atoms with Crippen molar-refractivity contribution in [1.82, 2.24) is 4.90 Å². The first kappa shape index (κ1) is 44.1. The number of benzene rings is 2. The minimum Gasteiger partial charge on any atom is -0.478 e. The Hall–Kier alpha value is -1.94. The van der Waals surface area contributed by atoms with Crippen molar-refractivity contribution >= 4 is 23.7 Å². The zero-order valence-corrected chi connectivity index (χ0v) is 30.4. The van der Waals surface area contributed by atoms with Crippen LogP contribution in [0.25, 0.3) is 0 Å². The van der Waals surface area contributed by atoms with E-state index in [1.165, 1.54) is 24.6 Å². The summed E-state index contributed by atoms with van der Waals surface area (Å²) in [7, 11) is 0. The average Bonchev–Trinajstić information content (AvgIpc) is 2.98. The molecule has 0 bridgehead atoms. The van der Waals surface area contributed by atoms with Gasteiger partial charge in [-0.2, -0.15) is 0 Å². The molecule has 8 nitrogen and oxygen atoms in total. The van der Waals surface area contributed by atoms with Gasteiger partial charge in [-0.15, -0.1) is 0 Å². The Bertz CT molecular complexity index is 1090. The number of carboxylic acid groups (broad SMARTS) is 2. The van der Waals surface area contributed by atoms with Gasteiger partial charge in [-0.05, 0) is 59.1 Å². The van der Waals surface area contributed by atoms with Gasteiger partial charge in [-0.25, -0.2) is 9.59 Å². The Balaban J connectivity index is 0.00000159. The number of aliphatic hydroxyl groups is 3. The topological polar surface area (TPSA) is 139 Å². The Morgan fingerprint density at radius 2 is 1.00 bits per heavy atom. The average molecular weight is 707 g/mol. The van der Waals surface area contributed by atoms with Gasteiger partial charge in [0.25, 0.3) is 0 Å². The molecule has 0 amide bonds. The van der Waals surface area contributed by atoms with Crippen molar-refractivity contribution < 1.29 is 51.6 Å². The predicted molar refractivity (Wildman–Crippen MR) is 183 cm³/mol. The summed E-state index contributed by atoms with van der Waals surface area (Å²) in [5.41, 5.74) is 2.36. The minimum absolute atomic E-state index is 0. The summed E-state index contributed by atoms with van der Waals surface area (Å²) in [5, 5.41) is 45.2. The van der Waals surface area contributed by atoms with E-state index in [2.05, 4.69) is 41.5 Å². The van der Waals surface area contributed by atoms with E-state index in [-0.39, 0.29) is 58.3 Å². The number of carboxylic acids is 2. The quantitative estimate of drug-likeness (QED) is 0.0714. The summed E-state index contributed by atoms with van der Waals surface area (Å²) < 4.78 is 0. The Morgan fingerprint density at radius 3 is 1.28 bits per heavy atom. The molecule has 264 valence electrons. The van der Waals surface area contributed by atoms with Crippen LogP contribution in [0.3, 0.4) is 0 Å². The van der Waals surface area contributed by atoms with Crippen molar-refractivity contribution in [2.24, 2.45) is 0 Å². The van der Waals surface area contributed by atoms with Crippen LogP contribution < -0.4 is 0 Å². The molecule has 0 atom stereocenters. The first-order valence-corrected chi connectivity index (χ1v) is 17.1. The zero-order chi connectivity index (χ0) is 34.0. The molecule has 2 aromatic rings. The van der Waals surface area contributed by atoms with Crippen LogP contribution in [-0.2, 0) is 27.3 Å². The zero-order valence-electron chi connectivity index (χ0n) is 28.6. The van der Waals surface area contributed by atoms with Gasteiger partial charge < -0.3 is 25.5 Å². The summed E-state index contributed by atoms with van der Waals surface area (Å²) in [6.45, 7) is 14.9. The van der Waals surface area contributed by atoms with Gasteiger partial charge in [0.1, 0.15) is 0 Å². The summed E-state index contributed by atoms with van der Waals surface area (Å²) in [5.74, 6) is -2.01. The summed E-state index contributed by atoms with van der Waals surface area (Å²) in [6, 6.07) is 11.0. The van der Waals surface area contributed by atoms with Crippen LogP contribution in [-0.4, -0.2) is 81.8 Å². The van der Waals surface area contributed by atoms with Crippen LogP contribution in [0, 0.1) is 0 Å². The van der Waals surface area contributed by atoms with Crippen LogP contribution in [0.5, 0.6) is 0 Å². The van der Waals surface area contributed by atoms with E-state index in [1.807, 2.05) is 24.3 Å². The van der Waals surface area contributed by atoms with Crippen LogP contribution in [0.4, 0.5) is 0 Å². The number of unbranched alkanes of at least 4 members (excludes halogenated alkanes) is 4. The van der Waals surface area contributed by atoms with E-state index in [9.17, 15) is 19.8 Å². The molecule has 0 fully saturated rings. The van der Waals surface area contributed by atoms with E-state index < -0.39 is 11.9 Å². The number of hydrogen-bond donors (Lipinski definition) is 5. The molecular weight excluding hydrogens is 649 g/mol. The molecule has 46 heavy (non-hydrogen) atoms. The normalized spacial score (nSPS) is 11.5. The van der Waals surface area contributed by atoms with Crippen molar-refractivity contribution in [3.63, 3.8) is 0 Å². The molecule has 10 heteroatoms. The van der Waals surface area contributed by atoms with Crippen molar-refractivity contribution in [3.8, 4) is 0 Å². The fourth-order valence-corrected chi connectivity index (χ4v) is 6.35. The maximum Gasteiger partial charge on any atom is 0.336 e. The van der Waals surface area contributed by atoms with Gasteiger partial charge >= 0.3 is 11.9 Å². The Labute approximate surface area is 290 Å². The first-order chi connectivity index (χ1) is 21.3. The number of aromatic carboxylic acids is 2.